The lowest BCUT2D eigenvalue weighted by molar-refractivity contribution is -0.120. The van der Waals surface area contributed by atoms with Crippen molar-refractivity contribution in [3.63, 3.8) is 0 Å². The van der Waals surface area contributed by atoms with Crippen molar-refractivity contribution in [2.24, 2.45) is 5.84 Å². The van der Waals surface area contributed by atoms with Gasteiger partial charge >= 0.3 is 0 Å². The molecule has 1 rings (SSSR count). The lowest BCUT2D eigenvalue weighted by Crippen LogP contribution is -2.36. The Hall–Kier alpha value is -1.07. The average molecular weight is 197 g/mol. The zero-order chi connectivity index (χ0) is 9.68. The van der Waals surface area contributed by atoms with E-state index >= 15 is 0 Å². The Labute approximate surface area is 80.9 Å². The lowest BCUT2D eigenvalue weighted by atomic mass is 10.5. The minimum absolute atomic E-state index is 0.179. The Morgan fingerprint density at radius 3 is 2.77 bits per heavy atom. The molecule has 1 aromatic heterocycles. The average Bonchev–Trinajstić information content (AvgIpc) is 2.18. The van der Waals surface area contributed by atoms with Gasteiger partial charge in [0.25, 0.3) is 0 Å². The van der Waals surface area contributed by atoms with Crippen LogP contribution >= 0.6 is 11.8 Å². The van der Waals surface area contributed by atoms with Crippen LogP contribution in [0.1, 0.15) is 6.92 Å². The molecule has 0 bridgehead atoms. The molecule has 0 radical (unpaired) electrons. The summed E-state index contributed by atoms with van der Waals surface area (Å²) >= 11 is 1.44. The number of nitrogens with zero attached hydrogens (tertiary/aromatic N) is 1. The summed E-state index contributed by atoms with van der Waals surface area (Å²) in [5.41, 5.74) is 2.11. The highest BCUT2D eigenvalue weighted by molar-refractivity contribution is 8.00. The highest BCUT2D eigenvalue weighted by atomic mass is 32.2. The number of hydrazine groups is 1. The summed E-state index contributed by atoms with van der Waals surface area (Å²) in [5, 5.41) is -0.188. The Morgan fingerprint density at radius 1 is 1.62 bits per heavy atom. The van der Waals surface area contributed by atoms with Gasteiger partial charge < -0.3 is 0 Å². The van der Waals surface area contributed by atoms with Crippen molar-refractivity contribution in [1.82, 2.24) is 10.4 Å². The molecular weight excluding hydrogens is 186 g/mol. The SMILES string of the molecule is CC(Sc1ccncc1)C(=O)NN. The third kappa shape index (κ3) is 3.04. The molecule has 0 spiro atoms. The molecule has 0 aliphatic heterocycles. The molecule has 1 unspecified atom stereocenters. The summed E-state index contributed by atoms with van der Waals surface area (Å²) in [4.78, 5) is 15.9. The molecule has 0 saturated heterocycles. The van der Waals surface area contributed by atoms with E-state index < -0.39 is 0 Å². The fourth-order valence-corrected chi connectivity index (χ4v) is 1.65. The second-order valence-corrected chi connectivity index (χ2v) is 3.87. The van der Waals surface area contributed by atoms with Gasteiger partial charge in [0.15, 0.2) is 0 Å². The van der Waals surface area contributed by atoms with Gasteiger partial charge in [-0.3, -0.25) is 15.2 Å². The maximum absolute atomic E-state index is 11.0. The van der Waals surface area contributed by atoms with Gasteiger partial charge in [0.1, 0.15) is 0 Å². The van der Waals surface area contributed by atoms with E-state index in [2.05, 4.69) is 10.4 Å². The van der Waals surface area contributed by atoms with Crippen molar-refractivity contribution in [1.29, 1.82) is 0 Å². The quantitative estimate of drug-likeness (QED) is 0.321. The number of nitrogens with one attached hydrogen (secondary N) is 1. The first kappa shape index (κ1) is 10.0. The van der Waals surface area contributed by atoms with Crippen molar-refractivity contribution in [3.05, 3.63) is 24.5 Å². The summed E-state index contributed by atoms with van der Waals surface area (Å²) < 4.78 is 0. The van der Waals surface area contributed by atoms with Crippen LogP contribution in [0.2, 0.25) is 0 Å². The van der Waals surface area contributed by atoms with E-state index in [0.717, 1.165) is 4.90 Å². The van der Waals surface area contributed by atoms with Gasteiger partial charge in [0.05, 0.1) is 5.25 Å². The smallest absolute Gasteiger partial charge is 0.247 e. The van der Waals surface area contributed by atoms with Crippen molar-refractivity contribution in [3.8, 4) is 0 Å². The molecule has 0 fully saturated rings. The third-order valence-corrected chi connectivity index (χ3v) is 2.59. The van der Waals surface area contributed by atoms with Crippen molar-refractivity contribution < 1.29 is 4.79 Å². The molecule has 1 amide bonds. The molecule has 3 N–H and O–H groups in total. The first-order valence-electron chi connectivity index (χ1n) is 3.81. The molecule has 1 atom stereocenters. The van der Waals surface area contributed by atoms with E-state index in [1.54, 1.807) is 19.3 Å². The van der Waals surface area contributed by atoms with Crippen LogP contribution in [0.5, 0.6) is 0 Å². The zero-order valence-electron chi connectivity index (χ0n) is 7.23. The number of carbonyl (C=O) groups excluding carboxylic acids is 1. The molecule has 0 aliphatic carbocycles. The standard InChI is InChI=1S/C8H11N3OS/c1-6(8(12)11-9)13-7-2-4-10-5-3-7/h2-6H,9H2,1H3,(H,11,12). The molecule has 1 heterocycles. The maximum atomic E-state index is 11.0. The fraction of sp³-hybridized carbons (Fsp3) is 0.250. The van der Waals surface area contributed by atoms with E-state index in [1.165, 1.54) is 11.8 Å². The van der Waals surface area contributed by atoms with Crippen molar-refractivity contribution >= 4 is 17.7 Å². The topological polar surface area (TPSA) is 68.0 Å². The van der Waals surface area contributed by atoms with Gasteiger partial charge in [-0.25, -0.2) is 5.84 Å². The summed E-state index contributed by atoms with van der Waals surface area (Å²) in [7, 11) is 0. The number of hydrogen-bond acceptors (Lipinski definition) is 4. The van der Waals surface area contributed by atoms with E-state index in [4.69, 9.17) is 5.84 Å². The van der Waals surface area contributed by atoms with E-state index in [9.17, 15) is 4.79 Å². The summed E-state index contributed by atoms with van der Waals surface area (Å²) in [6.45, 7) is 1.80. The van der Waals surface area contributed by atoms with Gasteiger partial charge in [0, 0.05) is 17.3 Å². The van der Waals surface area contributed by atoms with Crippen LogP contribution in [-0.2, 0) is 4.79 Å². The second kappa shape index (κ2) is 4.84. The van der Waals surface area contributed by atoms with Gasteiger partial charge in [-0.1, -0.05) is 0 Å². The molecule has 1 aromatic rings. The van der Waals surface area contributed by atoms with Crippen LogP contribution in [0.4, 0.5) is 0 Å². The summed E-state index contributed by atoms with van der Waals surface area (Å²) in [6.07, 6.45) is 3.38. The van der Waals surface area contributed by atoms with Crippen molar-refractivity contribution in [2.75, 3.05) is 0 Å². The number of aromatic nitrogens is 1. The lowest BCUT2D eigenvalue weighted by Gasteiger charge is -2.08. The molecular formula is C8H11N3OS. The van der Waals surface area contributed by atoms with Crippen LogP contribution in [-0.4, -0.2) is 16.1 Å². The molecule has 4 nitrogen and oxygen atoms in total. The molecule has 13 heavy (non-hydrogen) atoms. The Morgan fingerprint density at radius 2 is 2.23 bits per heavy atom. The fourth-order valence-electron chi connectivity index (χ4n) is 0.792. The second-order valence-electron chi connectivity index (χ2n) is 2.45. The largest absolute Gasteiger partial charge is 0.293 e. The minimum atomic E-state index is -0.188. The Balaban J connectivity index is 2.55. The molecule has 0 aliphatic rings. The van der Waals surface area contributed by atoms with Crippen LogP contribution in [0.15, 0.2) is 29.4 Å². The van der Waals surface area contributed by atoms with Crippen LogP contribution in [0.25, 0.3) is 0 Å². The van der Waals surface area contributed by atoms with Crippen LogP contribution in [0.3, 0.4) is 0 Å². The van der Waals surface area contributed by atoms with E-state index in [0.29, 0.717) is 0 Å². The zero-order valence-corrected chi connectivity index (χ0v) is 8.04. The molecule has 0 saturated carbocycles. The summed E-state index contributed by atoms with van der Waals surface area (Å²) in [6, 6.07) is 3.70. The Bertz CT molecular complexity index is 278. The van der Waals surface area contributed by atoms with Gasteiger partial charge in [-0.2, -0.15) is 0 Å². The predicted molar refractivity (Wildman–Crippen MR) is 51.9 cm³/mol. The van der Waals surface area contributed by atoms with Crippen LogP contribution < -0.4 is 11.3 Å². The number of thioether (sulfide) groups is 1. The molecule has 70 valence electrons. The van der Waals surface area contributed by atoms with Crippen LogP contribution in [0, 0.1) is 0 Å². The normalized spacial score (nSPS) is 12.2. The van der Waals surface area contributed by atoms with E-state index in [-0.39, 0.29) is 11.2 Å². The molecule has 0 aromatic carbocycles. The summed E-state index contributed by atoms with van der Waals surface area (Å²) in [5.74, 6) is 4.82. The number of amides is 1. The highest BCUT2D eigenvalue weighted by Crippen LogP contribution is 2.21. The monoisotopic (exact) mass is 197 g/mol. The number of carbonyl (C=O) groups is 1. The van der Waals surface area contributed by atoms with Crippen molar-refractivity contribution in [2.45, 2.75) is 17.1 Å². The number of nitrogens with two attached hydrogens (primary N) is 1. The molecule has 5 heteroatoms. The number of pyridine rings is 1. The van der Waals surface area contributed by atoms with Gasteiger partial charge in [-0.05, 0) is 19.1 Å². The number of hydrogen-bond donors (Lipinski definition) is 2. The van der Waals surface area contributed by atoms with Gasteiger partial charge in [-0.15, -0.1) is 11.8 Å². The first-order valence-corrected chi connectivity index (χ1v) is 4.69. The Kier molecular flexibility index (Phi) is 3.72. The van der Waals surface area contributed by atoms with E-state index in [1.807, 2.05) is 12.1 Å². The maximum Gasteiger partial charge on any atom is 0.247 e. The highest BCUT2D eigenvalue weighted by Gasteiger charge is 2.11. The van der Waals surface area contributed by atoms with Gasteiger partial charge in [0.2, 0.25) is 5.91 Å². The predicted octanol–water partition coefficient (Wildman–Crippen LogP) is 0.552. The minimum Gasteiger partial charge on any atom is -0.293 e. The third-order valence-electron chi connectivity index (χ3n) is 1.47. The number of rotatable bonds is 3. The first-order chi connectivity index (χ1) is 6.24.